The second kappa shape index (κ2) is 7.06. The standard InChI is InChI=1S/C17H28N2/c1-14-13-19(3)15(2)12-17(14)18-11-7-10-16-8-5-4-6-9-16/h4-6,8-9,14-15,17-18H,7,10-13H2,1-3H3. The number of rotatable bonds is 5. The van der Waals surface area contributed by atoms with Gasteiger partial charge in [-0.1, -0.05) is 37.3 Å². The minimum atomic E-state index is 0.696. The van der Waals surface area contributed by atoms with Crippen LogP contribution in [0.2, 0.25) is 0 Å². The first-order valence-corrected chi connectivity index (χ1v) is 7.64. The molecule has 1 N–H and O–H groups in total. The van der Waals surface area contributed by atoms with Crippen molar-refractivity contribution in [1.29, 1.82) is 0 Å². The minimum absolute atomic E-state index is 0.696. The van der Waals surface area contributed by atoms with Gasteiger partial charge in [-0.2, -0.15) is 0 Å². The number of nitrogens with zero attached hydrogens (tertiary/aromatic N) is 1. The van der Waals surface area contributed by atoms with Gasteiger partial charge in [-0.3, -0.25) is 0 Å². The normalized spacial score (nSPS) is 28.5. The summed E-state index contributed by atoms with van der Waals surface area (Å²) in [6.45, 7) is 7.07. The molecule has 0 aromatic heterocycles. The summed E-state index contributed by atoms with van der Waals surface area (Å²) in [5, 5.41) is 3.77. The molecule has 0 spiro atoms. The molecular formula is C17H28N2. The monoisotopic (exact) mass is 260 g/mol. The summed E-state index contributed by atoms with van der Waals surface area (Å²) < 4.78 is 0. The molecule has 0 amide bonds. The van der Waals surface area contributed by atoms with Gasteiger partial charge in [0.15, 0.2) is 0 Å². The van der Waals surface area contributed by atoms with Gasteiger partial charge in [-0.05, 0) is 51.3 Å². The van der Waals surface area contributed by atoms with E-state index in [1.54, 1.807) is 0 Å². The van der Waals surface area contributed by atoms with Crippen molar-refractivity contribution in [2.45, 2.75) is 45.2 Å². The molecule has 1 aliphatic rings. The summed E-state index contributed by atoms with van der Waals surface area (Å²) in [5.74, 6) is 0.762. The van der Waals surface area contributed by atoms with Gasteiger partial charge in [-0.15, -0.1) is 0 Å². The van der Waals surface area contributed by atoms with E-state index in [1.165, 1.54) is 31.4 Å². The topological polar surface area (TPSA) is 15.3 Å². The molecule has 2 nitrogen and oxygen atoms in total. The Labute approximate surface area is 118 Å². The van der Waals surface area contributed by atoms with E-state index in [1.807, 2.05) is 0 Å². The highest BCUT2D eigenvalue weighted by molar-refractivity contribution is 5.14. The van der Waals surface area contributed by atoms with Crippen LogP contribution in [0.3, 0.4) is 0 Å². The van der Waals surface area contributed by atoms with Gasteiger partial charge in [0.1, 0.15) is 0 Å². The highest BCUT2D eigenvalue weighted by Gasteiger charge is 2.27. The van der Waals surface area contributed by atoms with E-state index in [4.69, 9.17) is 0 Å². The summed E-state index contributed by atoms with van der Waals surface area (Å²) in [6.07, 6.45) is 3.70. The van der Waals surface area contributed by atoms with Crippen LogP contribution in [0.25, 0.3) is 0 Å². The van der Waals surface area contributed by atoms with Crippen LogP contribution >= 0.6 is 0 Å². The summed E-state index contributed by atoms with van der Waals surface area (Å²) in [5.41, 5.74) is 1.45. The molecule has 0 bridgehead atoms. The van der Waals surface area contributed by atoms with E-state index < -0.39 is 0 Å². The predicted octanol–water partition coefficient (Wildman–Crippen LogP) is 2.94. The van der Waals surface area contributed by atoms with Gasteiger partial charge in [0.2, 0.25) is 0 Å². The van der Waals surface area contributed by atoms with Crippen molar-refractivity contribution in [1.82, 2.24) is 10.2 Å². The highest BCUT2D eigenvalue weighted by atomic mass is 15.2. The minimum Gasteiger partial charge on any atom is -0.314 e. The van der Waals surface area contributed by atoms with E-state index in [0.29, 0.717) is 12.1 Å². The lowest BCUT2D eigenvalue weighted by atomic mass is 9.90. The third-order valence-corrected chi connectivity index (χ3v) is 4.50. The third-order valence-electron chi connectivity index (χ3n) is 4.50. The zero-order valence-corrected chi connectivity index (χ0v) is 12.6. The van der Waals surface area contributed by atoms with Crippen molar-refractivity contribution in [2.24, 2.45) is 5.92 Å². The average molecular weight is 260 g/mol. The van der Waals surface area contributed by atoms with Crippen molar-refractivity contribution in [3.63, 3.8) is 0 Å². The van der Waals surface area contributed by atoms with Gasteiger partial charge in [0, 0.05) is 18.6 Å². The molecule has 3 unspecified atom stereocenters. The summed E-state index contributed by atoms with van der Waals surface area (Å²) >= 11 is 0. The fraction of sp³-hybridized carbons (Fsp3) is 0.647. The van der Waals surface area contributed by atoms with Gasteiger partial charge in [-0.25, -0.2) is 0 Å². The van der Waals surface area contributed by atoms with Crippen LogP contribution in [-0.4, -0.2) is 37.1 Å². The van der Waals surface area contributed by atoms with Gasteiger partial charge in [0.05, 0.1) is 0 Å². The molecule has 0 saturated carbocycles. The first-order chi connectivity index (χ1) is 9.16. The molecule has 19 heavy (non-hydrogen) atoms. The van der Waals surface area contributed by atoms with Crippen molar-refractivity contribution in [3.8, 4) is 0 Å². The first kappa shape index (κ1) is 14.5. The molecule has 3 atom stereocenters. The van der Waals surface area contributed by atoms with Gasteiger partial charge < -0.3 is 10.2 Å². The molecular weight excluding hydrogens is 232 g/mol. The third kappa shape index (κ3) is 4.32. The molecule has 2 heteroatoms. The molecule has 1 saturated heterocycles. The molecule has 1 fully saturated rings. The van der Waals surface area contributed by atoms with Crippen LogP contribution < -0.4 is 5.32 Å². The van der Waals surface area contributed by atoms with Gasteiger partial charge in [0.25, 0.3) is 0 Å². The average Bonchev–Trinajstić information content (AvgIpc) is 2.41. The highest BCUT2D eigenvalue weighted by Crippen LogP contribution is 2.20. The Hall–Kier alpha value is -0.860. The first-order valence-electron chi connectivity index (χ1n) is 7.64. The second-order valence-corrected chi connectivity index (χ2v) is 6.15. The summed E-state index contributed by atoms with van der Waals surface area (Å²) in [7, 11) is 2.24. The largest absolute Gasteiger partial charge is 0.314 e. The molecule has 1 heterocycles. The SMILES string of the molecule is CC1CN(C)C(C)CC1NCCCc1ccccc1. The maximum absolute atomic E-state index is 3.77. The number of nitrogens with one attached hydrogen (secondary N) is 1. The fourth-order valence-electron chi connectivity index (χ4n) is 3.05. The van der Waals surface area contributed by atoms with E-state index in [9.17, 15) is 0 Å². The Bertz CT molecular complexity index is 363. The molecule has 0 aliphatic carbocycles. The molecule has 0 radical (unpaired) electrons. The zero-order valence-electron chi connectivity index (χ0n) is 12.6. The van der Waals surface area contributed by atoms with E-state index in [0.717, 1.165) is 12.5 Å². The van der Waals surface area contributed by atoms with Crippen molar-refractivity contribution >= 4 is 0 Å². The molecule has 106 valence electrons. The Morgan fingerprint density at radius 1 is 1.21 bits per heavy atom. The van der Waals surface area contributed by atoms with Crippen molar-refractivity contribution in [2.75, 3.05) is 20.1 Å². The van der Waals surface area contributed by atoms with Crippen molar-refractivity contribution < 1.29 is 0 Å². The number of hydrogen-bond acceptors (Lipinski definition) is 2. The maximum atomic E-state index is 3.77. The lowest BCUT2D eigenvalue weighted by Crippen LogP contribution is -2.51. The van der Waals surface area contributed by atoms with Crippen LogP contribution in [0, 0.1) is 5.92 Å². The van der Waals surface area contributed by atoms with Crippen LogP contribution in [-0.2, 0) is 6.42 Å². The fourth-order valence-corrected chi connectivity index (χ4v) is 3.05. The number of likely N-dealkylation sites (tertiary alicyclic amines) is 1. The molecule has 1 aromatic carbocycles. The molecule has 1 aliphatic heterocycles. The quantitative estimate of drug-likeness (QED) is 0.819. The Kier molecular flexibility index (Phi) is 5.41. The van der Waals surface area contributed by atoms with E-state index >= 15 is 0 Å². The Morgan fingerprint density at radius 2 is 1.95 bits per heavy atom. The Morgan fingerprint density at radius 3 is 2.68 bits per heavy atom. The Balaban J connectivity index is 1.68. The zero-order chi connectivity index (χ0) is 13.7. The number of benzene rings is 1. The smallest absolute Gasteiger partial charge is 0.0120 e. The number of hydrogen-bond donors (Lipinski definition) is 1. The lowest BCUT2D eigenvalue weighted by molar-refractivity contribution is 0.122. The predicted molar refractivity (Wildman–Crippen MR) is 82.4 cm³/mol. The van der Waals surface area contributed by atoms with Crippen LogP contribution in [0.4, 0.5) is 0 Å². The number of piperidine rings is 1. The lowest BCUT2D eigenvalue weighted by Gasteiger charge is -2.40. The van der Waals surface area contributed by atoms with Crippen LogP contribution in [0.1, 0.15) is 32.3 Å². The second-order valence-electron chi connectivity index (χ2n) is 6.15. The van der Waals surface area contributed by atoms with Crippen LogP contribution in [0.15, 0.2) is 30.3 Å². The van der Waals surface area contributed by atoms with E-state index in [2.05, 4.69) is 61.4 Å². The van der Waals surface area contributed by atoms with Gasteiger partial charge >= 0.3 is 0 Å². The van der Waals surface area contributed by atoms with Crippen LogP contribution in [0.5, 0.6) is 0 Å². The molecule has 2 rings (SSSR count). The summed E-state index contributed by atoms with van der Waals surface area (Å²) in [4.78, 5) is 2.48. The molecule has 1 aromatic rings. The van der Waals surface area contributed by atoms with Crippen molar-refractivity contribution in [3.05, 3.63) is 35.9 Å². The van der Waals surface area contributed by atoms with E-state index in [-0.39, 0.29) is 0 Å². The summed E-state index contributed by atoms with van der Waals surface area (Å²) in [6, 6.07) is 12.2. The maximum Gasteiger partial charge on any atom is 0.0120 e. The number of aryl methyl sites for hydroxylation is 1.